The summed E-state index contributed by atoms with van der Waals surface area (Å²) in [6.07, 6.45) is 11.2. The number of rotatable bonds is 11. The second kappa shape index (κ2) is 10.4. The van der Waals surface area contributed by atoms with Gasteiger partial charge in [-0.2, -0.15) is 0 Å². The average molecular weight is 270 g/mol. The quantitative estimate of drug-likeness (QED) is 0.287. The monoisotopic (exact) mass is 270 g/mol. The molecule has 0 aromatic rings. The molecule has 1 unspecified atom stereocenters. The van der Waals surface area contributed by atoms with E-state index in [1.165, 1.54) is 44.1 Å². The lowest BCUT2D eigenvalue weighted by Crippen LogP contribution is -2.32. The zero-order chi connectivity index (χ0) is 14.7. The van der Waals surface area contributed by atoms with Gasteiger partial charge < -0.3 is 9.47 Å². The van der Waals surface area contributed by atoms with Crippen LogP contribution in [-0.2, 0) is 9.47 Å². The molecule has 0 N–H and O–H groups in total. The smallest absolute Gasteiger partial charge is 0.165 e. The molecule has 0 aliphatic heterocycles. The first kappa shape index (κ1) is 18.7. The van der Waals surface area contributed by atoms with Crippen molar-refractivity contribution in [2.45, 2.75) is 78.4 Å². The fourth-order valence-electron chi connectivity index (χ4n) is 2.45. The van der Waals surface area contributed by atoms with E-state index < -0.39 is 5.79 Å². The molecule has 0 rings (SSSR count). The van der Waals surface area contributed by atoms with Crippen molar-refractivity contribution in [1.82, 2.24) is 0 Å². The minimum Gasteiger partial charge on any atom is -0.353 e. The molecule has 1 atom stereocenters. The lowest BCUT2D eigenvalue weighted by molar-refractivity contribution is -0.202. The van der Waals surface area contributed by atoms with Gasteiger partial charge in [-0.1, -0.05) is 50.7 Å². The minimum atomic E-state index is -0.458. The summed E-state index contributed by atoms with van der Waals surface area (Å²) in [6, 6.07) is 0. The molecule has 0 aliphatic rings. The first-order chi connectivity index (χ1) is 8.97. The molecule has 0 fully saturated rings. The van der Waals surface area contributed by atoms with E-state index >= 15 is 0 Å². The fraction of sp³-hybridized carbons (Fsp3) is 0.882. The van der Waals surface area contributed by atoms with E-state index in [-0.39, 0.29) is 0 Å². The van der Waals surface area contributed by atoms with E-state index in [4.69, 9.17) is 9.47 Å². The third-order valence-corrected chi connectivity index (χ3v) is 3.74. The maximum Gasteiger partial charge on any atom is 0.165 e. The highest BCUT2D eigenvalue weighted by molar-refractivity contribution is 4.98. The van der Waals surface area contributed by atoms with Crippen LogP contribution in [0.15, 0.2) is 11.6 Å². The van der Waals surface area contributed by atoms with Gasteiger partial charge in [0.05, 0.1) is 0 Å². The fourth-order valence-corrected chi connectivity index (χ4v) is 2.45. The molecule has 0 saturated carbocycles. The van der Waals surface area contributed by atoms with Crippen LogP contribution in [0, 0.1) is 5.92 Å². The van der Waals surface area contributed by atoms with Gasteiger partial charge in [0.1, 0.15) is 0 Å². The summed E-state index contributed by atoms with van der Waals surface area (Å²) in [6.45, 7) is 8.62. The molecule has 0 spiro atoms. The average Bonchev–Trinajstić information content (AvgIpc) is 2.37. The van der Waals surface area contributed by atoms with E-state index in [0.717, 1.165) is 6.42 Å². The van der Waals surface area contributed by atoms with Gasteiger partial charge >= 0.3 is 0 Å². The second-order valence-corrected chi connectivity index (χ2v) is 5.95. The molecular weight excluding hydrogens is 236 g/mol. The molecule has 0 saturated heterocycles. The van der Waals surface area contributed by atoms with Crippen LogP contribution in [0.25, 0.3) is 0 Å². The van der Waals surface area contributed by atoms with E-state index in [2.05, 4.69) is 26.8 Å². The van der Waals surface area contributed by atoms with E-state index in [0.29, 0.717) is 5.92 Å². The molecule has 2 nitrogen and oxygen atoms in total. The second-order valence-electron chi connectivity index (χ2n) is 5.95. The van der Waals surface area contributed by atoms with Crippen molar-refractivity contribution in [1.29, 1.82) is 0 Å². The summed E-state index contributed by atoms with van der Waals surface area (Å²) in [5, 5.41) is 0. The zero-order valence-corrected chi connectivity index (χ0v) is 13.9. The highest BCUT2D eigenvalue weighted by Gasteiger charge is 2.26. The number of allylic oxidation sites excluding steroid dienone is 2. The van der Waals surface area contributed by atoms with Crippen molar-refractivity contribution in [2.75, 3.05) is 14.2 Å². The number of hydrogen-bond acceptors (Lipinski definition) is 2. The molecule has 2 heteroatoms. The van der Waals surface area contributed by atoms with Crippen molar-refractivity contribution in [3.05, 3.63) is 11.6 Å². The zero-order valence-electron chi connectivity index (χ0n) is 13.9. The number of methoxy groups -OCH3 is 2. The van der Waals surface area contributed by atoms with Gasteiger partial charge in [-0.25, -0.2) is 0 Å². The highest BCUT2D eigenvalue weighted by atomic mass is 16.7. The number of ether oxygens (including phenoxy) is 2. The largest absolute Gasteiger partial charge is 0.353 e. The summed E-state index contributed by atoms with van der Waals surface area (Å²) in [7, 11) is 3.45. The van der Waals surface area contributed by atoms with Crippen molar-refractivity contribution in [3.63, 3.8) is 0 Å². The van der Waals surface area contributed by atoms with E-state index in [1.54, 1.807) is 14.2 Å². The van der Waals surface area contributed by atoms with Crippen LogP contribution in [0.4, 0.5) is 0 Å². The normalized spacial score (nSPS) is 13.4. The predicted molar refractivity (Wildman–Crippen MR) is 83.3 cm³/mol. The van der Waals surface area contributed by atoms with Crippen LogP contribution in [0.1, 0.15) is 72.6 Å². The van der Waals surface area contributed by atoms with Gasteiger partial charge in [-0.3, -0.25) is 0 Å². The van der Waals surface area contributed by atoms with Gasteiger partial charge in [0.2, 0.25) is 0 Å². The Balaban J connectivity index is 4.28. The van der Waals surface area contributed by atoms with E-state index in [1.807, 2.05) is 6.92 Å². The summed E-state index contributed by atoms with van der Waals surface area (Å²) in [4.78, 5) is 0. The van der Waals surface area contributed by atoms with Gasteiger partial charge in [0.25, 0.3) is 0 Å². The first-order valence-corrected chi connectivity index (χ1v) is 7.72. The molecule has 114 valence electrons. The van der Waals surface area contributed by atoms with Crippen molar-refractivity contribution < 1.29 is 9.47 Å². The van der Waals surface area contributed by atoms with Crippen LogP contribution in [0.2, 0.25) is 0 Å². The molecular formula is C17H34O2. The maximum absolute atomic E-state index is 5.49. The van der Waals surface area contributed by atoms with Gasteiger partial charge in [0.15, 0.2) is 5.79 Å². The molecule has 0 amide bonds. The van der Waals surface area contributed by atoms with Crippen LogP contribution in [0.5, 0.6) is 0 Å². The lowest BCUT2D eigenvalue weighted by atomic mass is 9.92. The Labute approximate surface area is 120 Å². The lowest BCUT2D eigenvalue weighted by Gasteiger charge is -2.30. The van der Waals surface area contributed by atoms with Gasteiger partial charge in [-0.05, 0) is 33.1 Å². The van der Waals surface area contributed by atoms with Gasteiger partial charge in [0, 0.05) is 20.6 Å². The molecule has 0 aliphatic carbocycles. The van der Waals surface area contributed by atoms with Crippen LogP contribution in [0.3, 0.4) is 0 Å². The Kier molecular flexibility index (Phi) is 10.3. The van der Waals surface area contributed by atoms with Crippen LogP contribution < -0.4 is 0 Å². The summed E-state index contributed by atoms with van der Waals surface area (Å²) < 4.78 is 11.0. The number of unbranched alkanes of at least 4 members (excludes halogenated alkanes) is 4. The summed E-state index contributed by atoms with van der Waals surface area (Å²) in [5.41, 5.74) is 1.38. The number of hydrogen-bond donors (Lipinski definition) is 0. The predicted octanol–water partition coefficient (Wildman–Crippen LogP) is 5.33. The van der Waals surface area contributed by atoms with E-state index in [9.17, 15) is 0 Å². The molecule has 0 aromatic heterocycles. The Bertz CT molecular complexity index is 238. The van der Waals surface area contributed by atoms with Crippen molar-refractivity contribution in [3.8, 4) is 0 Å². The molecule has 0 heterocycles. The highest BCUT2D eigenvalue weighted by Crippen LogP contribution is 2.27. The Morgan fingerprint density at radius 3 is 2.11 bits per heavy atom. The third-order valence-electron chi connectivity index (χ3n) is 3.74. The van der Waals surface area contributed by atoms with Crippen LogP contribution in [-0.4, -0.2) is 20.0 Å². The topological polar surface area (TPSA) is 18.5 Å². The van der Waals surface area contributed by atoms with Gasteiger partial charge in [-0.15, -0.1) is 0 Å². The Morgan fingerprint density at radius 1 is 1.05 bits per heavy atom. The maximum atomic E-state index is 5.49. The van der Waals surface area contributed by atoms with Crippen molar-refractivity contribution in [2.24, 2.45) is 5.92 Å². The minimum absolute atomic E-state index is 0.458. The summed E-state index contributed by atoms with van der Waals surface area (Å²) in [5.74, 6) is 0.0940. The van der Waals surface area contributed by atoms with Crippen LogP contribution >= 0.6 is 0 Å². The summed E-state index contributed by atoms with van der Waals surface area (Å²) >= 11 is 0. The first-order valence-electron chi connectivity index (χ1n) is 7.72. The third kappa shape index (κ3) is 9.23. The van der Waals surface area contributed by atoms with Crippen molar-refractivity contribution >= 4 is 0 Å². The Hall–Kier alpha value is -0.340. The molecule has 0 bridgehead atoms. The molecule has 19 heavy (non-hydrogen) atoms. The Morgan fingerprint density at radius 2 is 1.63 bits per heavy atom. The SMILES string of the molecule is CCCCCCCC(C=C(C)C)CC(C)(OC)OC. The standard InChI is InChI=1S/C17H34O2/c1-7-8-9-10-11-12-16(13-15(2)3)14-17(4,18-5)19-6/h13,16H,7-12,14H2,1-6H3. The molecule has 0 aromatic carbocycles. The molecule has 0 radical (unpaired) electrons.